The highest BCUT2D eigenvalue weighted by molar-refractivity contribution is 7.89. The second-order valence-electron chi connectivity index (χ2n) is 7.75. The van der Waals surface area contributed by atoms with Crippen LogP contribution in [0.3, 0.4) is 0 Å². The van der Waals surface area contributed by atoms with E-state index in [4.69, 9.17) is 9.40 Å². The molecule has 0 bridgehead atoms. The third-order valence-corrected chi connectivity index (χ3v) is 6.97. The Balaban J connectivity index is 1.42. The van der Waals surface area contributed by atoms with Crippen LogP contribution in [0.15, 0.2) is 74.9 Å². The molecule has 0 atom stereocenters. The number of aryl methyl sites for hydroxylation is 2. The Kier molecular flexibility index (Phi) is 5.10. The fourth-order valence-electron chi connectivity index (χ4n) is 3.75. The van der Waals surface area contributed by atoms with Crippen molar-refractivity contribution in [1.29, 1.82) is 0 Å². The lowest BCUT2D eigenvalue weighted by Crippen LogP contribution is -2.27. The SMILES string of the molecule is Cc1ccc(-c2nc3cccnc3n2CCNS(=O)(=O)c2ccc3c(c2)oc(=O)n3C)cc1. The van der Waals surface area contributed by atoms with Crippen molar-refractivity contribution in [3.05, 3.63) is 76.9 Å². The molecule has 0 aliphatic carbocycles. The first-order valence-corrected chi connectivity index (χ1v) is 11.8. The number of imidazole rings is 1. The van der Waals surface area contributed by atoms with Crippen molar-refractivity contribution in [3.8, 4) is 11.4 Å². The van der Waals surface area contributed by atoms with Crippen molar-refractivity contribution in [2.45, 2.75) is 18.4 Å². The second-order valence-corrected chi connectivity index (χ2v) is 9.52. The molecule has 3 aromatic heterocycles. The number of nitrogens with one attached hydrogen (secondary N) is 1. The molecule has 9 nitrogen and oxygen atoms in total. The summed E-state index contributed by atoms with van der Waals surface area (Å²) in [7, 11) is -2.26. The molecule has 0 saturated carbocycles. The molecule has 0 saturated heterocycles. The Labute approximate surface area is 189 Å². The fraction of sp³-hybridized carbons (Fsp3) is 0.174. The van der Waals surface area contributed by atoms with Crippen LogP contribution in [0.2, 0.25) is 0 Å². The van der Waals surface area contributed by atoms with Gasteiger partial charge in [-0.1, -0.05) is 29.8 Å². The quantitative estimate of drug-likeness (QED) is 0.414. The molecule has 0 aliphatic heterocycles. The molecule has 5 aromatic rings. The van der Waals surface area contributed by atoms with Crippen LogP contribution in [0.5, 0.6) is 0 Å². The third-order valence-electron chi connectivity index (χ3n) is 5.52. The van der Waals surface area contributed by atoms with Gasteiger partial charge >= 0.3 is 5.76 Å². The number of oxazole rings is 1. The lowest BCUT2D eigenvalue weighted by molar-refractivity contribution is 0.527. The minimum atomic E-state index is -3.82. The minimum Gasteiger partial charge on any atom is -0.408 e. The summed E-state index contributed by atoms with van der Waals surface area (Å²) in [5.41, 5.74) is 4.22. The Morgan fingerprint density at radius 3 is 2.67 bits per heavy atom. The number of fused-ring (bicyclic) bond motifs is 2. The molecule has 0 spiro atoms. The van der Waals surface area contributed by atoms with E-state index in [1.165, 1.54) is 16.7 Å². The van der Waals surface area contributed by atoms with Crippen molar-refractivity contribution >= 4 is 32.3 Å². The van der Waals surface area contributed by atoms with Gasteiger partial charge in [-0.3, -0.25) is 4.57 Å². The van der Waals surface area contributed by atoms with Gasteiger partial charge in [0.05, 0.1) is 10.4 Å². The lowest BCUT2D eigenvalue weighted by Gasteiger charge is -2.11. The molecule has 0 amide bonds. The van der Waals surface area contributed by atoms with E-state index >= 15 is 0 Å². The maximum absolute atomic E-state index is 12.9. The molecule has 1 N–H and O–H groups in total. The van der Waals surface area contributed by atoms with Crippen molar-refractivity contribution in [2.75, 3.05) is 6.54 Å². The van der Waals surface area contributed by atoms with E-state index in [0.717, 1.165) is 22.5 Å². The maximum Gasteiger partial charge on any atom is 0.419 e. The summed E-state index contributed by atoms with van der Waals surface area (Å²) in [6, 6.07) is 16.0. The number of sulfonamides is 1. The average Bonchev–Trinajstić information content (AvgIpc) is 3.31. The van der Waals surface area contributed by atoms with Crippen molar-refractivity contribution < 1.29 is 12.8 Å². The standard InChI is InChI=1S/C23H21N5O4S/c1-15-5-7-16(8-6-15)21-26-18-4-3-11-24-22(18)28(21)13-12-25-33(30,31)17-9-10-19-20(14-17)32-23(29)27(19)2/h3-11,14,25H,12-13H2,1-2H3. The lowest BCUT2D eigenvalue weighted by atomic mass is 10.1. The zero-order valence-corrected chi connectivity index (χ0v) is 18.8. The van der Waals surface area contributed by atoms with E-state index in [9.17, 15) is 13.2 Å². The second kappa shape index (κ2) is 7.98. The first kappa shape index (κ1) is 21.1. The number of hydrogen-bond acceptors (Lipinski definition) is 6. The predicted molar refractivity (Wildman–Crippen MR) is 124 cm³/mol. The predicted octanol–water partition coefficient (Wildman–Crippen LogP) is 2.83. The van der Waals surface area contributed by atoms with Crippen molar-refractivity contribution in [3.63, 3.8) is 0 Å². The summed E-state index contributed by atoms with van der Waals surface area (Å²) < 4.78 is 36.7. The molecule has 2 aromatic carbocycles. The zero-order valence-electron chi connectivity index (χ0n) is 18.0. The van der Waals surface area contributed by atoms with Crippen molar-refractivity contribution in [2.24, 2.45) is 7.05 Å². The van der Waals surface area contributed by atoms with Crippen LogP contribution < -0.4 is 10.5 Å². The summed E-state index contributed by atoms with van der Waals surface area (Å²) in [4.78, 5) is 20.9. The van der Waals surface area contributed by atoms with E-state index < -0.39 is 15.8 Å². The van der Waals surface area contributed by atoms with Crippen LogP contribution in [0.1, 0.15) is 5.56 Å². The molecule has 3 heterocycles. The number of rotatable bonds is 6. The number of pyridine rings is 1. The third kappa shape index (κ3) is 3.83. The van der Waals surface area contributed by atoms with Crippen LogP contribution in [-0.4, -0.2) is 34.1 Å². The monoisotopic (exact) mass is 463 g/mol. The number of hydrogen-bond donors (Lipinski definition) is 1. The largest absolute Gasteiger partial charge is 0.419 e. The van der Waals surface area contributed by atoms with Gasteiger partial charge in [0.2, 0.25) is 10.0 Å². The molecule has 0 unspecified atom stereocenters. The number of aromatic nitrogens is 4. The molecule has 33 heavy (non-hydrogen) atoms. The van der Waals surface area contributed by atoms with Gasteiger partial charge < -0.3 is 8.98 Å². The minimum absolute atomic E-state index is 0.0247. The summed E-state index contributed by atoms with van der Waals surface area (Å²) >= 11 is 0. The average molecular weight is 464 g/mol. The molecular formula is C23H21N5O4S. The highest BCUT2D eigenvalue weighted by Crippen LogP contribution is 2.24. The van der Waals surface area contributed by atoms with E-state index in [1.54, 1.807) is 19.3 Å². The van der Waals surface area contributed by atoms with Gasteiger partial charge in [0.15, 0.2) is 11.2 Å². The highest BCUT2D eigenvalue weighted by atomic mass is 32.2. The van der Waals surface area contributed by atoms with Crippen LogP contribution >= 0.6 is 0 Å². The molecule has 5 rings (SSSR count). The summed E-state index contributed by atoms with van der Waals surface area (Å²) in [6.45, 7) is 2.47. The Morgan fingerprint density at radius 2 is 1.88 bits per heavy atom. The summed E-state index contributed by atoms with van der Waals surface area (Å²) in [5, 5.41) is 0. The molecule has 0 aliphatic rings. The van der Waals surface area contributed by atoms with Crippen LogP contribution in [0, 0.1) is 6.92 Å². The fourth-order valence-corrected chi connectivity index (χ4v) is 4.79. The number of nitrogens with zero attached hydrogens (tertiary/aromatic N) is 4. The molecule has 10 heteroatoms. The van der Waals surface area contributed by atoms with Gasteiger partial charge in [0.25, 0.3) is 0 Å². The number of benzene rings is 2. The van der Waals surface area contributed by atoms with Crippen LogP contribution in [-0.2, 0) is 23.6 Å². The Bertz CT molecular complexity index is 1650. The Morgan fingerprint density at radius 1 is 1.09 bits per heavy atom. The molecular weight excluding hydrogens is 442 g/mol. The van der Waals surface area contributed by atoms with E-state index in [1.807, 2.05) is 47.9 Å². The van der Waals surface area contributed by atoms with Gasteiger partial charge in [-0.15, -0.1) is 0 Å². The van der Waals surface area contributed by atoms with Gasteiger partial charge in [0.1, 0.15) is 11.3 Å². The van der Waals surface area contributed by atoms with Crippen LogP contribution in [0.4, 0.5) is 0 Å². The zero-order chi connectivity index (χ0) is 23.2. The first-order valence-electron chi connectivity index (χ1n) is 10.3. The normalized spacial score (nSPS) is 12.1. The van der Waals surface area contributed by atoms with Crippen molar-refractivity contribution in [1.82, 2.24) is 23.8 Å². The van der Waals surface area contributed by atoms with E-state index in [0.29, 0.717) is 17.7 Å². The summed E-state index contributed by atoms with van der Waals surface area (Å²) in [5.74, 6) is 0.172. The van der Waals surface area contributed by atoms with Gasteiger partial charge in [-0.25, -0.2) is 27.9 Å². The topological polar surface area (TPSA) is 112 Å². The maximum atomic E-state index is 12.9. The molecule has 168 valence electrons. The van der Waals surface area contributed by atoms with Gasteiger partial charge in [-0.05, 0) is 31.2 Å². The Hall–Kier alpha value is -3.76. The van der Waals surface area contributed by atoms with Crippen LogP contribution in [0.25, 0.3) is 33.7 Å². The van der Waals surface area contributed by atoms with Gasteiger partial charge in [0, 0.05) is 38.0 Å². The van der Waals surface area contributed by atoms with E-state index in [2.05, 4.69) is 9.71 Å². The summed E-state index contributed by atoms with van der Waals surface area (Å²) in [6.07, 6.45) is 1.69. The first-order chi connectivity index (χ1) is 15.8. The highest BCUT2D eigenvalue weighted by Gasteiger charge is 2.18. The van der Waals surface area contributed by atoms with E-state index in [-0.39, 0.29) is 17.0 Å². The smallest absolute Gasteiger partial charge is 0.408 e. The molecule has 0 radical (unpaired) electrons. The molecule has 0 fully saturated rings. The van der Waals surface area contributed by atoms with Gasteiger partial charge in [-0.2, -0.15) is 0 Å².